The van der Waals surface area contributed by atoms with E-state index in [1.807, 2.05) is 19.9 Å². The van der Waals surface area contributed by atoms with Crippen molar-refractivity contribution in [2.75, 3.05) is 13.2 Å². The Balaban J connectivity index is 2.33. The van der Waals surface area contributed by atoms with Gasteiger partial charge in [-0.25, -0.2) is 15.0 Å². The van der Waals surface area contributed by atoms with E-state index in [1.54, 1.807) is 45.0 Å². The van der Waals surface area contributed by atoms with E-state index < -0.39 is 11.7 Å². The van der Waals surface area contributed by atoms with Crippen LogP contribution in [-0.4, -0.2) is 30.8 Å². The molecule has 0 saturated heterocycles. The van der Waals surface area contributed by atoms with Crippen molar-refractivity contribution in [2.45, 2.75) is 40.2 Å². The summed E-state index contributed by atoms with van der Waals surface area (Å²) in [5.74, 6) is -0.362. The summed E-state index contributed by atoms with van der Waals surface area (Å²) >= 11 is 0. The molecule has 0 atom stereocenters. The maximum atomic E-state index is 11.9. The van der Waals surface area contributed by atoms with Crippen LogP contribution in [0.4, 0.5) is 4.79 Å². The van der Waals surface area contributed by atoms with Gasteiger partial charge in [0, 0.05) is 12.0 Å². The Morgan fingerprint density at radius 3 is 2.22 bits per heavy atom. The predicted molar refractivity (Wildman–Crippen MR) is 87.9 cm³/mol. The number of carbonyl (C=O) groups excluding carboxylic acids is 2. The van der Waals surface area contributed by atoms with Crippen LogP contribution in [0.3, 0.4) is 0 Å². The van der Waals surface area contributed by atoms with Gasteiger partial charge in [-0.15, -0.1) is 0 Å². The fourth-order valence-electron chi connectivity index (χ4n) is 1.63. The highest BCUT2D eigenvalue weighted by molar-refractivity contribution is 5.89. The number of benzene rings is 1. The first-order valence-corrected chi connectivity index (χ1v) is 7.53. The molecule has 0 unspecified atom stereocenters. The van der Waals surface area contributed by atoms with E-state index in [9.17, 15) is 9.59 Å². The maximum absolute atomic E-state index is 11.9. The molecule has 1 rings (SSSR count). The van der Waals surface area contributed by atoms with E-state index in [0.29, 0.717) is 12.1 Å². The highest BCUT2D eigenvalue weighted by Crippen LogP contribution is 2.15. The molecule has 6 nitrogen and oxygen atoms in total. The fourth-order valence-corrected chi connectivity index (χ4v) is 1.63. The number of hydrazine groups is 1. The summed E-state index contributed by atoms with van der Waals surface area (Å²) in [7, 11) is 0. The molecule has 0 heterocycles. The third kappa shape index (κ3) is 8.21. The lowest BCUT2D eigenvalue weighted by molar-refractivity contribution is 0.0312. The summed E-state index contributed by atoms with van der Waals surface area (Å²) in [5.41, 5.74) is 4.88. The molecule has 1 amide bonds. The van der Waals surface area contributed by atoms with Gasteiger partial charge in [0.1, 0.15) is 5.60 Å². The van der Waals surface area contributed by atoms with E-state index >= 15 is 0 Å². The third-order valence-corrected chi connectivity index (χ3v) is 2.76. The van der Waals surface area contributed by atoms with Gasteiger partial charge in [0.2, 0.25) is 0 Å². The Kier molecular flexibility index (Phi) is 6.57. The number of carbonyl (C=O) groups is 2. The molecule has 0 spiro atoms. The van der Waals surface area contributed by atoms with Crippen LogP contribution in [0.5, 0.6) is 0 Å². The van der Waals surface area contributed by atoms with Crippen LogP contribution >= 0.6 is 0 Å². The minimum absolute atomic E-state index is 0.226. The molecule has 0 aliphatic heterocycles. The maximum Gasteiger partial charge on any atom is 0.422 e. The summed E-state index contributed by atoms with van der Waals surface area (Å²) in [6.07, 6.45) is -0.547. The van der Waals surface area contributed by atoms with Crippen molar-refractivity contribution in [2.24, 2.45) is 5.41 Å². The molecule has 128 valence electrons. The molecule has 0 aliphatic rings. The molecule has 2 N–H and O–H groups in total. The quantitative estimate of drug-likeness (QED) is 0.622. The van der Waals surface area contributed by atoms with Crippen molar-refractivity contribution in [3.05, 3.63) is 35.9 Å². The van der Waals surface area contributed by atoms with Gasteiger partial charge in [0.05, 0.1) is 12.2 Å². The van der Waals surface area contributed by atoms with Crippen molar-refractivity contribution >= 4 is 12.1 Å². The highest BCUT2D eigenvalue weighted by Gasteiger charge is 2.22. The van der Waals surface area contributed by atoms with Crippen LogP contribution in [-0.2, 0) is 9.47 Å². The topological polar surface area (TPSA) is 76.7 Å². The van der Waals surface area contributed by atoms with Gasteiger partial charge in [0.15, 0.2) is 0 Å². The van der Waals surface area contributed by atoms with Crippen molar-refractivity contribution in [3.63, 3.8) is 0 Å². The molecule has 6 heteroatoms. The predicted octanol–water partition coefficient (Wildman–Crippen LogP) is 2.90. The summed E-state index contributed by atoms with van der Waals surface area (Å²) < 4.78 is 10.4. The van der Waals surface area contributed by atoms with Crippen molar-refractivity contribution in [1.82, 2.24) is 10.9 Å². The zero-order valence-corrected chi connectivity index (χ0v) is 14.4. The Labute approximate surface area is 137 Å². The zero-order valence-electron chi connectivity index (χ0n) is 14.4. The van der Waals surface area contributed by atoms with Crippen LogP contribution in [0, 0.1) is 5.41 Å². The molecule has 0 bridgehead atoms. The second-order valence-corrected chi connectivity index (χ2v) is 7.09. The molecule has 0 aliphatic carbocycles. The Morgan fingerprint density at radius 1 is 1.04 bits per heavy atom. The number of rotatable bonds is 6. The van der Waals surface area contributed by atoms with Crippen LogP contribution in [0.15, 0.2) is 30.3 Å². The Hall–Kier alpha value is -2.08. The summed E-state index contributed by atoms with van der Waals surface area (Å²) in [5, 5.41) is 0. The Morgan fingerprint density at radius 2 is 1.65 bits per heavy atom. The number of hydrogen-bond acceptors (Lipinski definition) is 5. The number of ether oxygens (including phenoxy) is 2. The first kappa shape index (κ1) is 19.0. The average molecular weight is 322 g/mol. The highest BCUT2D eigenvalue weighted by atomic mass is 16.6. The zero-order chi connectivity index (χ0) is 17.5. The molecule has 0 saturated carbocycles. The second kappa shape index (κ2) is 7.97. The normalized spacial score (nSPS) is 11.7. The van der Waals surface area contributed by atoms with Gasteiger partial charge in [-0.1, -0.05) is 32.0 Å². The molecular formula is C17H26N2O4. The van der Waals surface area contributed by atoms with E-state index in [4.69, 9.17) is 9.47 Å². The van der Waals surface area contributed by atoms with E-state index in [1.165, 1.54) is 0 Å². The summed E-state index contributed by atoms with van der Waals surface area (Å²) in [6.45, 7) is 9.88. The molecular weight excluding hydrogens is 296 g/mol. The first-order chi connectivity index (χ1) is 10.6. The van der Waals surface area contributed by atoms with Gasteiger partial charge in [-0.05, 0) is 32.9 Å². The van der Waals surface area contributed by atoms with Crippen LogP contribution in [0.1, 0.15) is 45.0 Å². The smallest absolute Gasteiger partial charge is 0.422 e. The van der Waals surface area contributed by atoms with E-state index in [-0.39, 0.29) is 18.0 Å². The molecule has 0 aromatic heterocycles. The van der Waals surface area contributed by atoms with Gasteiger partial charge in [-0.3, -0.25) is 5.43 Å². The lowest BCUT2D eigenvalue weighted by atomic mass is 9.95. The summed E-state index contributed by atoms with van der Waals surface area (Å²) in [4.78, 5) is 23.4. The van der Waals surface area contributed by atoms with E-state index in [0.717, 1.165) is 0 Å². The third-order valence-electron chi connectivity index (χ3n) is 2.76. The lowest BCUT2D eigenvalue weighted by Crippen LogP contribution is -2.46. The molecule has 0 fully saturated rings. The average Bonchev–Trinajstić information content (AvgIpc) is 2.43. The van der Waals surface area contributed by atoms with Crippen LogP contribution < -0.4 is 10.9 Å². The lowest BCUT2D eigenvalue weighted by Gasteiger charge is -2.25. The molecule has 0 radical (unpaired) electrons. The number of hydrogen-bond donors (Lipinski definition) is 2. The largest absolute Gasteiger partial charge is 0.461 e. The van der Waals surface area contributed by atoms with Crippen molar-refractivity contribution < 1.29 is 19.1 Å². The van der Waals surface area contributed by atoms with E-state index in [2.05, 4.69) is 10.9 Å². The minimum atomic E-state index is -0.549. The van der Waals surface area contributed by atoms with Gasteiger partial charge in [-0.2, -0.15) is 0 Å². The van der Waals surface area contributed by atoms with Gasteiger partial charge >= 0.3 is 12.1 Å². The first-order valence-electron chi connectivity index (χ1n) is 7.53. The Bertz CT molecular complexity index is 521. The second-order valence-electron chi connectivity index (χ2n) is 7.09. The molecule has 1 aromatic rings. The SMILES string of the molecule is CC(C)(CNNC(=O)OC(C)(C)C)COC(=O)c1ccccc1. The fraction of sp³-hybridized carbons (Fsp3) is 0.529. The number of nitrogens with one attached hydrogen (secondary N) is 2. The monoisotopic (exact) mass is 322 g/mol. The van der Waals surface area contributed by atoms with Crippen molar-refractivity contribution in [1.29, 1.82) is 0 Å². The standard InChI is InChI=1S/C17H26N2O4/c1-16(2,3)23-15(21)19-18-11-17(4,5)12-22-14(20)13-9-7-6-8-10-13/h6-10,18H,11-12H2,1-5H3,(H,19,21). The number of amides is 1. The number of esters is 1. The van der Waals surface area contributed by atoms with Gasteiger partial charge < -0.3 is 9.47 Å². The molecule has 23 heavy (non-hydrogen) atoms. The van der Waals surface area contributed by atoms with Crippen LogP contribution in [0.2, 0.25) is 0 Å². The van der Waals surface area contributed by atoms with Crippen LogP contribution in [0.25, 0.3) is 0 Å². The molecule has 1 aromatic carbocycles. The van der Waals surface area contributed by atoms with Gasteiger partial charge in [0.25, 0.3) is 0 Å². The van der Waals surface area contributed by atoms with Crippen molar-refractivity contribution in [3.8, 4) is 0 Å². The minimum Gasteiger partial charge on any atom is -0.461 e. The summed E-state index contributed by atoms with van der Waals surface area (Å²) in [6, 6.07) is 8.82.